The van der Waals surface area contributed by atoms with Crippen LogP contribution < -0.4 is 4.72 Å². The number of para-hydroxylation sites is 1. The summed E-state index contributed by atoms with van der Waals surface area (Å²) in [6.45, 7) is 4.01. The Morgan fingerprint density at radius 1 is 1.11 bits per heavy atom. The summed E-state index contributed by atoms with van der Waals surface area (Å²) < 4.78 is 30.6. The van der Waals surface area contributed by atoms with Crippen molar-refractivity contribution in [3.05, 3.63) is 71.4 Å². The fourth-order valence-electron chi connectivity index (χ4n) is 2.97. The van der Waals surface area contributed by atoms with Gasteiger partial charge in [-0.25, -0.2) is 13.4 Å². The van der Waals surface area contributed by atoms with E-state index in [9.17, 15) is 8.42 Å². The second-order valence-corrected chi connectivity index (χ2v) is 9.35. The number of aromatic nitrogens is 2. The molecule has 5 nitrogen and oxygen atoms in total. The van der Waals surface area contributed by atoms with Gasteiger partial charge >= 0.3 is 0 Å². The molecule has 0 amide bonds. The number of benzene rings is 1. The minimum absolute atomic E-state index is 0.319. The number of aryl methyl sites for hydroxylation is 2. The standard InChI is InChI=1S/C20H19N3O2S2/c1-3-15-10-11-19(26-15)27(24,25)22-17-9-5-4-8-16(17)18-13-23-12-6-7-14(2)20(23)21-18/h4-13,22H,3H2,1-2H3. The van der Waals surface area contributed by atoms with Crippen molar-refractivity contribution in [3.63, 3.8) is 0 Å². The number of nitrogens with one attached hydrogen (secondary N) is 1. The summed E-state index contributed by atoms with van der Waals surface area (Å²) in [6.07, 6.45) is 4.66. The fourth-order valence-corrected chi connectivity index (χ4v) is 5.34. The lowest BCUT2D eigenvalue weighted by atomic mass is 10.1. The molecule has 0 aliphatic rings. The highest BCUT2D eigenvalue weighted by Crippen LogP contribution is 2.31. The van der Waals surface area contributed by atoms with Gasteiger partial charge in [0.1, 0.15) is 9.86 Å². The quantitative estimate of drug-likeness (QED) is 0.529. The Kier molecular flexibility index (Phi) is 4.49. The van der Waals surface area contributed by atoms with Gasteiger partial charge in [-0.3, -0.25) is 4.72 Å². The first-order valence-electron chi connectivity index (χ1n) is 8.63. The summed E-state index contributed by atoms with van der Waals surface area (Å²) >= 11 is 1.30. The number of pyridine rings is 1. The molecule has 0 aliphatic carbocycles. The number of rotatable bonds is 5. The highest BCUT2D eigenvalue weighted by molar-refractivity contribution is 7.94. The van der Waals surface area contributed by atoms with Crippen LogP contribution >= 0.6 is 11.3 Å². The van der Waals surface area contributed by atoms with Gasteiger partial charge in [-0.15, -0.1) is 11.3 Å². The summed E-state index contributed by atoms with van der Waals surface area (Å²) in [5, 5.41) is 0. The van der Waals surface area contributed by atoms with Crippen molar-refractivity contribution in [3.8, 4) is 11.3 Å². The van der Waals surface area contributed by atoms with Crippen LogP contribution in [0.15, 0.2) is 65.1 Å². The maximum Gasteiger partial charge on any atom is 0.271 e. The molecule has 1 N–H and O–H groups in total. The topological polar surface area (TPSA) is 63.5 Å². The maximum atomic E-state index is 12.8. The third-order valence-electron chi connectivity index (χ3n) is 4.38. The largest absolute Gasteiger partial charge is 0.306 e. The van der Waals surface area contributed by atoms with E-state index in [0.717, 1.165) is 33.8 Å². The molecule has 0 saturated carbocycles. The van der Waals surface area contributed by atoms with Crippen LogP contribution in [-0.4, -0.2) is 17.8 Å². The highest BCUT2D eigenvalue weighted by Gasteiger charge is 2.19. The van der Waals surface area contributed by atoms with E-state index in [2.05, 4.69) is 4.72 Å². The predicted octanol–water partition coefficient (Wildman–Crippen LogP) is 4.73. The molecule has 1 aromatic carbocycles. The van der Waals surface area contributed by atoms with Gasteiger partial charge in [-0.1, -0.05) is 31.2 Å². The molecule has 0 radical (unpaired) electrons. The molecule has 0 unspecified atom stereocenters. The number of anilines is 1. The second-order valence-electron chi connectivity index (χ2n) is 6.27. The molecule has 0 aliphatic heterocycles. The van der Waals surface area contributed by atoms with E-state index in [1.807, 2.05) is 67.0 Å². The van der Waals surface area contributed by atoms with Crippen molar-refractivity contribution < 1.29 is 8.42 Å². The lowest BCUT2D eigenvalue weighted by Gasteiger charge is -2.10. The first-order chi connectivity index (χ1) is 13.0. The molecule has 4 rings (SSSR count). The average molecular weight is 398 g/mol. The smallest absolute Gasteiger partial charge is 0.271 e. The van der Waals surface area contributed by atoms with Crippen molar-refractivity contribution in [2.45, 2.75) is 24.5 Å². The van der Waals surface area contributed by atoms with Crippen molar-refractivity contribution in [1.82, 2.24) is 9.38 Å². The van der Waals surface area contributed by atoms with Gasteiger partial charge < -0.3 is 4.40 Å². The molecule has 0 fully saturated rings. The monoisotopic (exact) mass is 397 g/mol. The normalized spacial score (nSPS) is 11.8. The van der Waals surface area contributed by atoms with Crippen LogP contribution in [0.2, 0.25) is 0 Å². The van der Waals surface area contributed by atoms with E-state index in [-0.39, 0.29) is 0 Å². The number of hydrogen-bond donors (Lipinski definition) is 1. The van der Waals surface area contributed by atoms with Crippen molar-refractivity contribution in [2.24, 2.45) is 0 Å². The van der Waals surface area contributed by atoms with Gasteiger partial charge in [0.25, 0.3) is 10.0 Å². The Morgan fingerprint density at radius 3 is 2.67 bits per heavy atom. The second kappa shape index (κ2) is 6.83. The summed E-state index contributed by atoms with van der Waals surface area (Å²) in [5.41, 5.74) is 3.91. The molecule has 0 saturated heterocycles. The molecule has 0 bridgehead atoms. The summed E-state index contributed by atoms with van der Waals surface area (Å²) in [5.74, 6) is 0. The van der Waals surface area contributed by atoms with Gasteiger partial charge in [0.15, 0.2) is 0 Å². The maximum absolute atomic E-state index is 12.8. The molecule has 3 aromatic heterocycles. The number of imidazole rings is 1. The molecule has 138 valence electrons. The van der Waals surface area contributed by atoms with Crippen molar-refractivity contribution in [2.75, 3.05) is 4.72 Å². The average Bonchev–Trinajstić information content (AvgIpc) is 3.30. The lowest BCUT2D eigenvalue weighted by molar-refractivity contribution is 0.603. The molecular formula is C20H19N3O2S2. The van der Waals surface area contributed by atoms with Gasteiger partial charge in [0.2, 0.25) is 0 Å². The summed E-state index contributed by atoms with van der Waals surface area (Å²) in [4.78, 5) is 5.74. The zero-order chi connectivity index (χ0) is 19.0. The predicted molar refractivity (Wildman–Crippen MR) is 110 cm³/mol. The molecule has 0 spiro atoms. The number of nitrogens with zero attached hydrogens (tertiary/aromatic N) is 2. The third-order valence-corrected chi connectivity index (χ3v) is 7.46. The Balaban J connectivity index is 1.75. The van der Waals surface area contributed by atoms with Crippen LogP contribution in [0.4, 0.5) is 5.69 Å². The zero-order valence-electron chi connectivity index (χ0n) is 15.0. The Morgan fingerprint density at radius 2 is 1.93 bits per heavy atom. The SMILES string of the molecule is CCc1ccc(S(=O)(=O)Nc2ccccc2-c2cn3cccc(C)c3n2)s1. The van der Waals surface area contributed by atoms with Gasteiger partial charge in [-0.05, 0) is 43.2 Å². The van der Waals surface area contributed by atoms with Crippen LogP contribution in [-0.2, 0) is 16.4 Å². The van der Waals surface area contributed by atoms with Crippen LogP contribution in [0.5, 0.6) is 0 Å². The van der Waals surface area contributed by atoms with Crippen LogP contribution in [0, 0.1) is 6.92 Å². The molecule has 3 heterocycles. The van der Waals surface area contributed by atoms with Crippen molar-refractivity contribution >= 4 is 32.7 Å². The number of thiophene rings is 1. The van der Waals surface area contributed by atoms with Crippen LogP contribution in [0.1, 0.15) is 17.4 Å². The van der Waals surface area contributed by atoms with Crippen LogP contribution in [0.25, 0.3) is 16.9 Å². The highest BCUT2D eigenvalue weighted by atomic mass is 32.2. The Hall–Kier alpha value is -2.64. The molecule has 0 atom stereocenters. The minimum Gasteiger partial charge on any atom is -0.306 e. The number of fused-ring (bicyclic) bond motifs is 1. The zero-order valence-corrected chi connectivity index (χ0v) is 16.6. The van der Waals surface area contributed by atoms with Crippen LogP contribution in [0.3, 0.4) is 0 Å². The van der Waals surface area contributed by atoms with Gasteiger partial charge in [0.05, 0.1) is 11.4 Å². The van der Waals surface area contributed by atoms with E-state index in [1.165, 1.54) is 11.3 Å². The Bertz CT molecular complexity index is 1220. The van der Waals surface area contributed by atoms with E-state index in [4.69, 9.17) is 4.98 Å². The third kappa shape index (κ3) is 3.36. The van der Waals surface area contributed by atoms with E-state index >= 15 is 0 Å². The van der Waals surface area contributed by atoms with E-state index < -0.39 is 10.0 Å². The first kappa shape index (κ1) is 17.8. The molecule has 27 heavy (non-hydrogen) atoms. The number of hydrogen-bond acceptors (Lipinski definition) is 4. The molecule has 4 aromatic rings. The van der Waals surface area contributed by atoms with Gasteiger partial charge in [0, 0.05) is 22.8 Å². The molecular weight excluding hydrogens is 378 g/mol. The van der Waals surface area contributed by atoms with E-state index in [0.29, 0.717) is 9.90 Å². The lowest BCUT2D eigenvalue weighted by Crippen LogP contribution is -2.12. The Labute approximate surface area is 162 Å². The summed E-state index contributed by atoms with van der Waals surface area (Å²) in [6, 6.07) is 14.8. The van der Waals surface area contributed by atoms with Crippen molar-refractivity contribution in [1.29, 1.82) is 0 Å². The van der Waals surface area contributed by atoms with Gasteiger partial charge in [-0.2, -0.15) is 0 Å². The fraction of sp³-hybridized carbons (Fsp3) is 0.150. The minimum atomic E-state index is -3.64. The number of sulfonamides is 1. The molecule has 7 heteroatoms. The summed E-state index contributed by atoms with van der Waals surface area (Å²) in [7, 11) is -3.64. The first-order valence-corrected chi connectivity index (χ1v) is 10.9. The van der Waals surface area contributed by atoms with E-state index in [1.54, 1.807) is 12.1 Å².